The van der Waals surface area contributed by atoms with Gasteiger partial charge in [0.2, 0.25) is 0 Å². The normalized spacial score (nSPS) is 24.9. The zero-order chi connectivity index (χ0) is 21.0. The highest BCUT2D eigenvalue weighted by molar-refractivity contribution is 5.90. The van der Waals surface area contributed by atoms with E-state index >= 15 is 0 Å². The van der Waals surface area contributed by atoms with Gasteiger partial charge in [-0.2, -0.15) is 0 Å². The second kappa shape index (κ2) is 6.54. The van der Waals surface area contributed by atoms with Crippen LogP contribution in [-0.2, 0) is 10.3 Å². The van der Waals surface area contributed by atoms with Crippen molar-refractivity contribution in [1.29, 1.82) is 0 Å². The summed E-state index contributed by atoms with van der Waals surface area (Å²) in [7, 11) is 0. The average Bonchev–Trinajstić information content (AvgIpc) is 3.50. The highest BCUT2D eigenvalue weighted by Crippen LogP contribution is 2.56. The Morgan fingerprint density at radius 3 is 2.80 bits per heavy atom. The molecule has 3 atom stereocenters. The predicted molar refractivity (Wildman–Crippen MR) is 101 cm³/mol. The number of aliphatic imine (C=N–C) groups is 1. The molecule has 1 aliphatic heterocycles. The molecule has 1 saturated carbocycles. The van der Waals surface area contributed by atoms with Crippen molar-refractivity contribution in [2.75, 3.05) is 5.32 Å². The molecule has 5 rings (SSSR count). The highest BCUT2D eigenvalue weighted by atomic mass is 19.3. The summed E-state index contributed by atoms with van der Waals surface area (Å²) in [6.07, 6.45) is -0.704. The molecule has 0 bridgehead atoms. The number of hydrogen-bond donors (Lipinski definition) is 2. The molecule has 3 aromatic rings. The number of amidine groups is 1. The fourth-order valence-corrected chi connectivity index (χ4v) is 3.98. The molecular formula is C20H15F4N5O. The molecule has 2 aromatic heterocycles. The molecule has 1 aliphatic carbocycles. The summed E-state index contributed by atoms with van der Waals surface area (Å²) in [5, 5.41) is 3.15. The number of nitrogens with two attached hydrogens (primary N) is 1. The summed E-state index contributed by atoms with van der Waals surface area (Å²) in [4.78, 5) is 12.0. The summed E-state index contributed by atoms with van der Waals surface area (Å²) >= 11 is 0. The number of hydrogen-bond acceptors (Lipinski definition) is 6. The van der Waals surface area contributed by atoms with E-state index in [4.69, 9.17) is 10.5 Å². The number of nitrogens with zero attached hydrogens (tertiary/aromatic N) is 3. The minimum atomic E-state index is -2.99. The van der Waals surface area contributed by atoms with Gasteiger partial charge in [-0.05, 0) is 36.8 Å². The number of alkyl halides is 2. The van der Waals surface area contributed by atoms with Crippen molar-refractivity contribution in [3.63, 3.8) is 0 Å². The third kappa shape index (κ3) is 2.74. The predicted octanol–water partition coefficient (Wildman–Crippen LogP) is 3.85. The highest BCUT2D eigenvalue weighted by Gasteiger charge is 2.64. The van der Waals surface area contributed by atoms with E-state index in [0.717, 1.165) is 12.3 Å². The Labute approximate surface area is 167 Å². The quantitative estimate of drug-likeness (QED) is 0.630. The van der Waals surface area contributed by atoms with Crippen molar-refractivity contribution in [1.82, 2.24) is 9.97 Å². The second-order valence-corrected chi connectivity index (χ2v) is 7.25. The standard InChI is InChI=1S/C20H15F4N5O/c21-13-4-3-9(28-17-16-10(2-1-5-26-16)14(22)8-27-17)6-11(13)20(18(23)24)12-7-15(12)30-19(25)29-20/h1-6,8,12,15,18H,7H2,(H2,25,29)(H,27,28)/t12-,15+,20+/m0/s1. The van der Waals surface area contributed by atoms with Gasteiger partial charge in [0.25, 0.3) is 12.4 Å². The lowest BCUT2D eigenvalue weighted by molar-refractivity contribution is 0.0177. The van der Waals surface area contributed by atoms with Crippen LogP contribution in [0, 0.1) is 17.6 Å². The Bertz CT molecular complexity index is 1190. The Morgan fingerprint density at radius 2 is 2.00 bits per heavy atom. The molecule has 1 aromatic carbocycles. The first-order chi connectivity index (χ1) is 14.4. The third-order valence-corrected chi connectivity index (χ3v) is 5.45. The molecule has 6 nitrogen and oxygen atoms in total. The number of fused-ring (bicyclic) bond motifs is 2. The lowest BCUT2D eigenvalue weighted by atomic mass is 9.84. The summed E-state index contributed by atoms with van der Waals surface area (Å²) in [6.45, 7) is 0. The van der Waals surface area contributed by atoms with E-state index < -0.39 is 35.6 Å². The third-order valence-electron chi connectivity index (χ3n) is 5.45. The molecule has 0 radical (unpaired) electrons. The van der Waals surface area contributed by atoms with Crippen molar-refractivity contribution in [3.8, 4) is 0 Å². The second-order valence-electron chi connectivity index (χ2n) is 7.25. The molecule has 2 aliphatic rings. The lowest BCUT2D eigenvalue weighted by Gasteiger charge is -2.33. The molecule has 0 saturated heterocycles. The van der Waals surface area contributed by atoms with Crippen LogP contribution < -0.4 is 11.1 Å². The van der Waals surface area contributed by atoms with E-state index in [1.165, 1.54) is 18.3 Å². The summed E-state index contributed by atoms with van der Waals surface area (Å²) < 4.78 is 62.4. The minimum absolute atomic E-state index is 0.204. The molecule has 0 unspecified atom stereocenters. The first-order valence-electron chi connectivity index (χ1n) is 9.16. The molecule has 154 valence electrons. The maximum absolute atomic E-state index is 14.7. The topological polar surface area (TPSA) is 85.4 Å². The molecule has 3 heterocycles. The first kappa shape index (κ1) is 18.6. The Balaban J connectivity index is 1.60. The van der Waals surface area contributed by atoms with Gasteiger partial charge in [-0.15, -0.1) is 0 Å². The average molecular weight is 417 g/mol. The number of anilines is 2. The van der Waals surface area contributed by atoms with Crippen molar-refractivity contribution in [2.45, 2.75) is 24.5 Å². The molecular weight excluding hydrogens is 402 g/mol. The van der Waals surface area contributed by atoms with Crippen LogP contribution in [0.1, 0.15) is 12.0 Å². The van der Waals surface area contributed by atoms with E-state index in [0.29, 0.717) is 6.42 Å². The molecule has 3 N–H and O–H groups in total. The van der Waals surface area contributed by atoms with E-state index in [2.05, 4.69) is 20.3 Å². The van der Waals surface area contributed by atoms with E-state index in [1.807, 2.05) is 0 Å². The van der Waals surface area contributed by atoms with Gasteiger partial charge in [0, 0.05) is 28.8 Å². The van der Waals surface area contributed by atoms with E-state index in [-0.39, 0.29) is 34.0 Å². The van der Waals surface area contributed by atoms with Gasteiger partial charge in [-0.1, -0.05) is 0 Å². The SMILES string of the molecule is NC1=N[C@@](c2cc(Nc3ncc(F)c4cccnc34)ccc2F)(C(F)F)[C@H]2C[C@H]2O1. The lowest BCUT2D eigenvalue weighted by Crippen LogP contribution is -2.43. The maximum Gasteiger partial charge on any atom is 0.283 e. The minimum Gasteiger partial charge on any atom is -0.462 e. The van der Waals surface area contributed by atoms with Crippen LogP contribution >= 0.6 is 0 Å². The summed E-state index contributed by atoms with van der Waals surface area (Å²) in [6, 6.07) is 6.42. The summed E-state index contributed by atoms with van der Waals surface area (Å²) in [5.41, 5.74) is 3.69. The zero-order valence-corrected chi connectivity index (χ0v) is 15.3. The summed E-state index contributed by atoms with van der Waals surface area (Å²) in [5.74, 6) is -1.86. The fourth-order valence-electron chi connectivity index (χ4n) is 3.98. The monoisotopic (exact) mass is 417 g/mol. The van der Waals surface area contributed by atoms with Crippen LogP contribution in [0.4, 0.5) is 29.1 Å². The molecule has 0 spiro atoms. The van der Waals surface area contributed by atoms with Gasteiger partial charge in [0.15, 0.2) is 17.2 Å². The first-order valence-corrected chi connectivity index (χ1v) is 9.16. The van der Waals surface area contributed by atoms with Gasteiger partial charge in [0.05, 0.1) is 6.20 Å². The van der Waals surface area contributed by atoms with Crippen molar-refractivity contribution >= 4 is 28.4 Å². The van der Waals surface area contributed by atoms with Crippen molar-refractivity contribution in [3.05, 3.63) is 59.9 Å². The van der Waals surface area contributed by atoms with Crippen LogP contribution in [-0.4, -0.2) is 28.5 Å². The van der Waals surface area contributed by atoms with Crippen molar-refractivity contribution in [2.24, 2.45) is 16.6 Å². The number of benzene rings is 1. The molecule has 10 heteroatoms. The largest absolute Gasteiger partial charge is 0.462 e. The smallest absolute Gasteiger partial charge is 0.283 e. The number of halogens is 4. The Morgan fingerprint density at radius 1 is 1.17 bits per heavy atom. The van der Waals surface area contributed by atoms with E-state index in [1.54, 1.807) is 12.1 Å². The van der Waals surface area contributed by atoms with Crippen LogP contribution in [0.25, 0.3) is 10.9 Å². The van der Waals surface area contributed by atoms with Gasteiger partial charge in [-0.3, -0.25) is 4.98 Å². The number of ether oxygens (including phenoxy) is 1. The fraction of sp³-hybridized carbons (Fsp3) is 0.250. The maximum atomic E-state index is 14.7. The molecule has 30 heavy (non-hydrogen) atoms. The van der Waals surface area contributed by atoms with Gasteiger partial charge >= 0.3 is 0 Å². The Kier molecular flexibility index (Phi) is 4.05. The van der Waals surface area contributed by atoms with Crippen LogP contribution in [0.5, 0.6) is 0 Å². The molecule has 1 fully saturated rings. The van der Waals surface area contributed by atoms with Gasteiger partial charge < -0.3 is 15.8 Å². The van der Waals surface area contributed by atoms with Crippen LogP contribution in [0.3, 0.4) is 0 Å². The van der Waals surface area contributed by atoms with E-state index in [9.17, 15) is 17.6 Å². The zero-order valence-electron chi connectivity index (χ0n) is 15.3. The van der Waals surface area contributed by atoms with Crippen LogP contribution in [0.15, 0.2) is 47.7 Å². The van der Waals surface area contributed by atoms with Crippen molar-refractivity contribution < 1.29 is 22.3 Å². The molecule has 0 amide bonds. The number of aromatic nitrogens is 2. The number of nitrogens with one attached hydrogen (secondary N) is 1. The Hall–Kier alpha value is -3.43. The van der Waals surface area contributed by atoms with Gasteiger partial charge in [0.1, 0.15) is 17.4 Å². The number of rotatable bonds is 4. The van der Waals surface area contributed by atoms with Gasteiger partial charge in [-0.25, -0.2) is 27.5 Å². The number of pyridine rings is 2. The van der Waals surface area contributed by atoms with Crippen LogP contribution in [0.2, 0.25) is 0 Å².